The van der Waals surface area contributed by atoms with Gasteiger partial charge in [-0.15, -0.1) is 0 Å². The van der Waals surface area contributed by atoms with Gasteiger partial charge in [-0.05, 0) is 37.4 Å². The minimum atomic E-state index is 0.0891. The number of carbonyl (C=O) groups is 1. The zero-order chi connectivity index (χ0) is 12.7. The van der Waals surface area contributed by atoms with Crippen LogP contribution >= 0.6 is 0 Å². The highest BCUT2D eigenvalue weighted by molar-refractivity contribution is 5.82. The first-order valence-corrected chi connectivity index (χ1v) is 6.34. The van der Waals surface area contributed by atoms with Crippen LogP contribution in [0.5, 0.6) is 0 Å². The molecule has 0 spiro atoms. The van der Waals surface area contributed by atoms with Crippen LogP contribution in [0.15, 0.2) is 18.3 Å². The quantitative estimate of drug-likeness (QED) is 0.786. The molecule has 1 aromatic rings. The van der Waals surface area contributed by atoms with E-state index in [1.54, 1.807) is 0 Å². The number of rotatable bonds is 7. The fourth-order valence-corrected chi connectivity index (χ4v) is 1.71. The van der Waals surface area contributed by atoms with Crippen LogP contribution in [0.2, 0.25) is 0 Å². The van der Waals surface area contributed by atoms with Gasteiger partial charge in [0.1, 0.15) is 5.78 Å². The Kier molecular flexibility index (Phi) is 5.84. The van der Waals surface area contributed by atoms with Crippen LogP contribution < -0.4 is 5.73 Å². The number of nitrogens with two attached hydrogens (primary N) is 1. The average Bonchev–Trinajstić information content (AvgIpc) is 2.36. The molecular weight excluding hydrogens is 212 g/mol. The number of aromatic nitrogens is 1. The number of hydrogen-bond donors (Lipinski definition) is 1. The molecule has 0 saturated heterocycles. The van der Waals surface area contributed by atoms with Gasteiger partial charge in [0, 0.05) is 24.2 Å². The van der Waals surface area contributed by atoms with E-state index in [0.29, 0.717) is 13.0 Å². The molecule has 3 heteroatoms. The first kappa shape index (κ1) is 13.8. The third-order valence-corrected chi connectivity index (χ3v) is 3.04. The molecule has 0 aliphatic rings. The van der Waals surface area contributed by atoms with Crippen molar-refractivity contribution in [3.8, 4) is 0 Å². The number of hydrogen-bond acceptors (Lipinski definition) is 3. The largest absolute Gasteiger partial charge is 0.330 e. The molecule has 3 nitrogen and oxygen atoms in total. The highest BCUT2D eigenvalue weighted by atomic mass is 16.1. The van der Waals surface area contributed by atoms with Crippen LogP contribution in [0.3, 0.4) is 0 Å². The number of pyridine rings is 1. The van der Waals surface area contributed by atoms with Crippen molar-refractivity contribution in [3.05, 3.63) is 29.6 Å². The Hall–Kier alpha value is -1.22. The fraction of sp³-hybridized carbons (Fsp3) is 0.571. The Labute approximate surface area is 103 Å². The normalized spacial score (nSPS) is 12.4. The van der Waals surface area contributed by atoms with Gasteiger partial charge < -0.3 is 5.73 Å². The Morgan fingerprint density at radius 2 is 2.24 bits per heavy atom. The zero-order valence-corrected chi connectivity index (χ0v) is 10.8. The van der Waals surface area contributed by atoms with Gasteiger partial charge in [-0.2, -0.15) is 0 Å². The minimum absolute atomic E-state index is 0.0891. The molecule has 17 heavy (non-hydrogen) atoms. The standard InChI is InChI=1S/C14H22N2O/c1-3-12-6-7-13(16-10-12)9-14(17)11(2)5-4-8-15/h6-7,10-11H,3-5,8-9,15H2,1-2H3. The molecule has 2 N–H and O–H groups in total. The molecular formula is C14H22N2O. The SMILES string of the molecule is CCc1ccc(CC(=O)C(C)CCCN)nc1. The van der Waals surface area contributed by atoms with Crippen LogP contribution in [-0.2, 0) is 17.6 Å². The molecule has 1 atom stereocenters. The van der Waals surface area contributed by atoms with Crippen molar-refractivity contribution < 1.29 is 4.79 Å². The van der Waals surface area contributed by atoms with E-state index in [-0.39, 0.29) is 11.7 Å². The summed E-state index contributed by atoms with van der Waals surface area (Å²) in [5.74, 6) is 0.349. The van der Waals surface area contributed by atoms with E-state index in [0.717, 1.165) is 25.0 Å². The molecule has 0 bridgehead atoms. The molecule has 94 valence electrons. The van der Waals surface area contributed by atoms with Crippen molar-refractivity contribution in [3.63, 3.8) is 0 Å². The molecule has 1 rings (SSSR count). The van der Waals surface area contributed by atoms with Gasteiger partial charge in [0.25, 0.3) is 0 Å². The Morgan fingerprint density at radius 1 is 1.47 bits per heavy atom. The van der Waals surface area contributed by atoms with Crippen LogP contribution in [0.1, 0.15) is 37.9 Å². The van der Waals surface area contributed by atoms with Crippen LogP contribution in [0, 0.1) is 5.92 Å². The summed E-state index contributed by atoms with van der Waals surface area (Å²) in [4.78, 5) is 16.2. The second-order valence-electron chi connectivity index (χ2n) is 4.49. The Morgan fingerprint density at radius 3 is 2.76 bits per heavy atom. The summed E-state index contributed by atoms with van der Waals surface area (Å²) in [5, 5.41) is 0. The van der Waals surface area contributed by atoms with Crippen molar-refractivity contribution in [1.82, 2.24) is 4.98 Å². The molecule has 0 amide bonds. The van der Waals surface area contributed by atoms with Gasteiger partial charge in [0.2, 0.25) is 0 Å². The summed E-state index contributed by atoms with van der Waals surface area (Å²) < 4.78 is 0. The molecule has 0 aliphatic carbocycles. The highest BCUT2D eigenvalue weighted by Crippen LogP contribution is 2.10. The van der Waals surface area contributed by atoms with E-state index in [1.165, 1.54) is 5.56 Å². The topological polar surface area (TPSA) is 56.0 Å². The third kappa shape index (κ3) is 4.65. The summed E-state index contributed by atoms with van der Waals surface area (Å²) in [5.41, 5.74) is 7.51. The monoisotopic (exact) mass is 234 g/mol. The van der Waals surface area contributed by atoms with Gasteiger partial charge >= 0.3 is 0 Å². The average molecular weight is 234 g/mol. The highest BCUT2D eigenvalue weighted by Gasteiger charge is 2.13. The van der Waals surface area contributed by atoms with E-state index in [4.69, 9.17) is 5.73 Å². The van der Waals surface area contributed by atoms with E-state index in [2.05, 4.69) is 11.9 Å². The summed E-state index contributed by atoms with van der Waals surface area (Å²) in [6.45, 7) is 4.72. The first-order valence-electron chi connectivity index (χ1n) is 6.34. The van der Waals surface area contributed by atoms with Crippen LogP contribution in [-0.4, -0.2) is 17.3 Å². The second-order valence-corrected chi connectivity index (χ2v) is 4.49. The van der Waals surface area contributed by atoms with Gasteiger partial charge in [0.05, 0.1) is 0 Å². The predicted octanol–water partition coefficient (Wildman–Crippen LogP) is 2.13. The Bertz CT molecular complexity index is 346. The first-order chi connectivity index (χ1) is 8.17. The van der Waals surface area contributed by atoms with Crippen molar-refractivity contribution in [2.75, 3.05) is 6.54 Å². The summed E-state index contributed by atoms with van der Waals surface area (Å²) in [6.07, 6.45) is 5.06. The lowest BCUT2D eigenvalue weighted by molar-refractivity contribution is -0.121. The van der Waals surface area contributed by atoms with Gasteiger partial charge in [-0.1, -0.05) is 19.9 Å². The van der Waals surface area contributed by atoms with Crippen LogP contribution in [0.4, 0.5) is 0 Å². The molecule has 0 radical (unpaired) electrons. The number of Topliss-reactive ketones (excluding diaryl/α,β-unsaturated/α-hetero) is 1. The van der Waals surface area contributed by atoms with Crippen LogP contribution in [0.25, 0.3) is 0 Å². The number of carbonyl (C=O) groups excluding carboxylic acids is 1. The molecule has 1 aromatic heterocycles. The molecule has 0 fully saturated rings. The molecule has 1 unspecified atom stereocenters. The predicted molar refractivity (Wildman–Crippen MR) is 69.8 cm³/mol. The molecule has 1 heterocycles. The van der Waals surface area contributed by atoms with Gasteiger partial charge in [-0.3, -0.25) is 9.78 Å². The summed E-state index contributed by atoms with van der Waals surface area (Å²) in [6, 6.07) is 3.99. The van der Waals surface area contributed by atoms with E-state index >= 15 is 0 Å². The summed E-state index contributed by atoms with van der Waals surface area (Å²) in [7, 11) is 0. The lowest BCUT2D eigenvalue weighted by Crippen LogP contribution is -2.15. The second kappa shape index (κ2) is 7.17. The van der Waals surface area contributed by atoms with Crippen molar-refractivity contribution in [2.24, 2.45) is 11.7 Å². The van der Waals surface area contributed by atoms with Crippen molar-refractivity contribution in [1.29, 1.82) is 0 Å². The molecule has 0 aliphatic heterocycles. The van der Waals surface area contributed by atoms with E-state index in [9.17, 15) is 4.79 Å². The lowest BCUT2D eigenvalue weighted by atomic mass is 9.97. The zero-order valence-electron chi connectivity index (χ0n) is 10.8. The lowest BCUT2D eigenvalue weighted by Gasteiger charge is -2.09. The maximum Gasteiger partial charge on any atom is 0.141 e. The van der Waals surface area contributed by atoms with E-state index in [1.807, 2.05) is 25.3 Å². The Balaban J connectivity index is 2.49. The molecule has 0 aromatic carbocycles. The molecule has 0 saturated carbocycles. The maximum atomic E-state index is 11.9. The fourth-order valence-electron chi connectivity index (χ4n) is 1.71. The number of aryl methyl sites for hydroxylation is 1. The van der Waals surface area contributed by atoms with E-state index < -0.39 is 0 Å². The number of nitrogens with zero attached hydrogens (tertiary/aromatic N) is 1. The third-order valence-electron chi connectivity index (χ3n) is 3.04. The van der Waals surface area contributed by atoms with Crippen molar-refractivity contribution in [2.45, 2.75) is 39.5 Å². The van der Waals surface area contributed by atoms with Gasteiger partial charge in [0.15, 0.2) is 0 Å². The smallest absolute Gasteiger partial charge is 0.141 e. The summed E-state index contributed by atoms with van der Waals surface area (Å²) >= 11 is 0. The maximum absolute atomic E-state index is 11.9. The minimum Gasteiger partial charge on any atom is -0.330 e. The van der Waals surface area contributed by atoms with Gasteiger partial charge in [-0.25, -0.2) is 0 Å². The van der Waals surface area contributed by atoms with Crippen molar-refractivity contribution >= 4 is 5.78 Å². The number of ketones is 1.